The molecule has 1 aromatic heterocycles. The lowest BCUT2D eigenvalue weighted by Gasteiger charge is -2.19. The molecule has 5 nitrogen and oxygen atoms in total. The molecule has 1 amide bonds. The SMILES string of the molecule is CC(C)n1c(-c2ccc3c(c2)NC(=O)CO3)csc1=Nc1ccc(Cl)cc1Cl. The molecular weight excluding hydrogens is 417 g/mol. The van der Waals surface area contributed by atoms with E-state index < -0.39 is 0 Å². The molecule has 1 N–H and O–H groups in total. The number of thiazole rings is 1. The standard InChI is InChI=1S/C20H17Cl2N3O2S/c1-11(2)25-17(12-3-6-18-16(7-12)23-19(26)9-27-18)10-28-20(25)24-15-5-4-13(21)8-14(15)22/h3-8,10-11H,9H2,1-2H3,(H,23,26). The molecule has 1 aliphatic heterocycles. The number of ether oxygens (including phenoxy) is 1. The number of aromatic nitrogens is 1. The van der Waals surface area contributed by atoms with Crippen LogP contribution in [0, 0.1) is 0 Å². The van der Waals surface area contributed by atoms with Gasteiger partial charge in [-0.15, -0.1) is 11.3 Å². The van der Waals surface area contributed by atoms with Gasteiger partial charge in [-0.3, -0.25) is 4.79 Å². The lowest BCUT2D eigenvalue weighted by Crippen LogP contribution is -2.25. The van der Waals surface area contributed by atoms with Gasteiger partial charge in [-0.1, -0.05) is 23.2 Å². The van der Waals surface area contributed by atoms with Crippen LogP contribution < -0.4 is 14.9 Å². The largest absolute Gasteiger partial charge is 0.482 e. The third-order valence-corrected chi connectivity index (χ3v) is 5.67. The van der Waals surface area contributed by atoms with Crippen LogP contribution in [-0.2, 0) is 4.79 Å². The summed E-state index contributed by atoms with van der Waals surface area (Å²) in [6.45, 7) is 4.24. The summed E-state index contributed by atoms with van der Waals surface area (Å²) in [6, 6.07) is 11.2. The molecule has 3 aromatic rings. The van der Waals surface area contributed by atoms with E-state index in [-0.39, 0.29) is 18.6 Å². The minimum absolute atomic E-state index is 0.0433. The molecule has 28 heavy (non-hydrogen) atoms. The van der Waals surface area contributed by atoms with E-state index in [4.69, 9.17) is 32.9 Å². The molecule has 0 radical (unpaired) electrons. The highest BCUT2D eigenvalue weighted by atomic mass is 35.5. The quantitative estimate of drug-likeness (QED) is 0.578. The van der Waals surface area contributed by atoms with E-state index in [9.17, 15) is 4.79 Å². The third-order valence-electron chi connectivity index (χ3n) is 4.29. The summed E-state index contributed by atoms with van der Waals surface area (Å²) in [4.78, 5) is 17.2. The molecule has 0 unspecified atom stereocenters. The van der Waals surface area contributed by atoms with Crippen LogP contribution in [0.25, 0.3) is 11.3 Å². The second kappa shape index (κ2) is 7.62. The van der Waals surface area contributed by atoms with Crippen molar-refractivity contribution in [2.24, 2.45) is 4.99 Å². The van der Waals surface area contributed by atoms with Crippen LogP contribution in [0.5, 0.6) is 5.75 Å². The summed E-state index contributed by atoms with van der Waals surface area (Å²) in [5.41, 5.74) is 3.32. The molecule has 4 rings (SSSR count). The second-order valence-electron chi connectivity index (χ2n) is 6.62. The van der Waals surface area contributed by atoms with Crippen LogP contribution >= 0.6 is 34.5 Å². The summed E-state index contributed by atoms with van der Waals surface area (Å²) in [7, 11) is 0. The summed E-state index contributed by atoms with van der Waals surface area (Å²) in [5, 5.41) is 5.99. The van der Waals surface area contributed by atoms with E-state index in [1.165, 1.54) is 11.3 Å². The molecule has 2 aromatic carbocycles. The zero-order chi connectivity index (χ0) is 19.8. The molecule has 0 spiro atoms. The number of nitrogens with one attached hydrogen (secondary N) is 1. The maximum Gasteiger partial charge on any atom is 0.262 e. The number of fused-ring (bicyclic) bond motifs is 1. The van der Waals surface area contributed by atoms with Crippen LogP contribution in [0.2, 0.25) is 10.0 Å². The summed E-state index contributed by atoms with van der Waals surface area (Å²) in [5.74, 6) is 0.521. The van der Waals surface area contributed by atoms with Gasteiger partial charge in [-0.25, -0.2) is 4.99 Å². The molecule has 0 atom stereocenters. The van der Waals surface area contributed by atoms with Gasteiger partial charge in [-0.05, 0) is 50.2 Å². The van der Waals surface area contributed by atoms with Crippen LogP contribution in [0.15, 0.2) is 46.8 Å². The normalized spacial score (nSPS) is 14.0. The van der Waals surface area contributed by atoms with Crippen molar-refractivity contribution in [2.75, 3.05) is 11.9 Å². The van der Waals surface area contributed by atoms with Crippen LogP contribution in [0.3, 0.4) is 0 Å². The lowest BCUT2D eigenvalue weighted by atomic mass is 10.1. The van der Waals surface area contributed by atoms with Crippen molar-refractivity contribution in [1.82, 2.24) is 4.57 Å². The van der Waals surface area contributed by atoms with Crippen molar-refractivity contribution in [1.29, 1.82) is 0 Å². The number of carbonyl (C=O) groups excluding carboxylic acids is 1. The summed E-state index contributed by atoms with van der Waals surface area (Å²) < 4.78 is 7.59. The van der Waals surface area contributed by atoms with Crippen molar-refractivity contribution in [3.05, 3.63) is 56.6 Å². The Morgan fingerprint density at radius 1 is 1.21 bits per heavy atom. The monoisotopic (exact) mass is 433 g/mol. The van der Waals surface area contributed by atoms with Gasteiger partial charge in [0.05, 0.1) is 22.1 Å². The average Bonchev–Trinajstić information content (AvgIpc) is 3.07. The molecule has 2 heterocycles. The number of hydrogen-bond donors (Lipinski definition) is 1. The number of halogens is 2. The Kier molecular flexibility index (Phi) is 5.19. The average molecular weight is 434 g/mol. The highest BCUT2D eigenvalue weighted by Crippen LogP contribution is 2.34. The lowest BCUT2D eigenvalue weighted by molar-refractivity contribution is -0.118. The van der Waals surface area contributed by atoms with E-state index in [1.54, 1.807) is 18.2 Å². The number of hydrogen-bond acceptors (Lipinski definition) is 4. The van der Waals surface area contributed by atoms with Crippen molar-refractivity contribution in [3.8, 4) is 17.0 Å². The van der Waals surface area contributed by atoms with E-state index >= 15 is 0 Å². The Bertz CT molecular complexity index is 1130. The van der Waals surface area contributed by atoms with Crippen molar-refractivity contribution < 1.29 is 9.53 Å². The van der Waals surface area contributed by atoms with Crippen molar-refractivity contribution >= 4 is 51.8 Å². The molecule has 0 saturated heterocycles. The van der Waals surface area contributed by atoms with Gasteiger partial charge in [0.1, 0.15) is 5.75 Å². The zero-order valence-electron chi connectivity index (χ0n) is 15.2. The van der Waals surface area contributed by atoms with Gasteiger partial charge < -0.3 is 14.6 Å². The number of amides is 1. The molecule has 144 valence electrons. The second-order valence-corrected chi connectivity index (χ2v) is 8.30. The number of rotatable bonds is 3. The number of anilines is 1. The Hall–Kier alpha value is -2.28. The first-order valence-corrected chi connectivity index (χ1v) is 10.3. The van der Waals surface area contributed by atoms with E-state index in [0.29, 0.717) is 27.2 Å². The van der Waals surface area contributed by atoms with E-state index in [1.807, 2.05) is 18.2 Å². The van der Waals surface area contributed by atoms with Crippen molar-refractivity contribution in [3.63, 3.8) is 0 Å². The minimum atomic E-state index is -0.153. The maximum absolute atomic E-state index is 11.6. The molecule has 0 fully saturated rings. The van der Waals surface area contributed by atoms with Gasteiger partial charge in [-0.2, -0.15) is 0 Å². The molecule has 1 aliphatic rings. The first-order chi connectivity index (χ1) is 13.4. The topological polar surface area (TPSA) is 55.6 Å². The minimum Gasteiger partial charge on any atom is -0.482 e. The maximum atomic E-state index is 11.6. The highest BCUT2D eigenvalue weighted by molar-refractivity contribution is 7.07. The van der Waals surface area contributed by atoms with Crippen molar-refractivity contribution in [2.45, 2.75) is 19.9 Å². The van der Waals surface area contributed by atoms with Crippen LogP contribution in [0.4, 0.5) is 11.4 Å². The Morgan fingerprint density at radius 3 is 2.79 bits per heavy atom. The van der Waals surface area contributed by atoms with Gasteiger partial charge >= 0.3 is 0 Å². The Morgan fingerprint density at radius 2 is 2.04 bits per heavy atom. The smallest absolute Gasteiger partial charge is 0.262 e. The predicted octanol–water partition coefficient (Wildman–Crippen LogP) is 5.67. The first kappa shape index (κ1) is 19.1. The molecular formula is C20H17Cl2N3O2S. The van der Waals surface area contributed by atoms with Crippen LogP contribution in [0.1, 0.15) is 19.9 Å². The molecule has 0 aliphatic carbocycles. The van der Waals surface area contributed by atoms with Gasteiger partial charge in [0.15, 0.2) is 11.4 Å². The molecule has 0 bridgehead atoms. The van der Waals surface area contributed by atoms with Crippen LogP contribution in [-0.4, -0.2) is 17.1 Å². The fourth-order valence-electron chi connectivity index (χ4n) is 3.03. The van der Waals surface area contributed by atoms with Gasteiger partial charge in [0.2, 0.25) is 0 Å². The summed E-state index contributed by atoms with van der Waals surface area (Å²) in [6.07, 6.45) is 0. The summed E-state index contributed by atoms with van der Waals surface area (Å²) >= 11 is 13.8. The molecule has 8 heteroatoms. The van der Waals surface area contributed by atoms with E-state index in [2.05, 4.69) is 29.1 Å². The van der Waals surface area contributed by atoms with E-state index in [0.717, 1.165) is 16.1 Å². The van der Waals surface area contributed by atoms with Gasteiger partial charge in [0, 0.05) is 22.0 Å². The fraction of sp³-hybridized carbons (Fsp3) is 0.200. The number of nitrogens with zero attached hydrogens (tertiary/aromatic N) is 2. The Labute approximate surface area is 176 Å². The number of benzene rings is 2. The molecule has 0 saturated carbocycles. The highest BCUT2D eigenvalue weighted by Gasteiger charge is 2.18. The third kappa shape index (κ3) is 3.68. The predicted molar refractivity (Wildman–Crippen MR) is 114 cm³/mol. The first-order valence-electron chi connectivity index (χ1n) is 8.69. The fourth-order valence-corrected chi connectivity index (χ4v) is 4.52. The Balaban J connectivity index is 1.83. The zero-order valence-corrected chi connectivity index (χ0v) is 17.5. The number of carbonyl (C=O) groups is 1. The van der Waals surface area contributed by atoms with Gasteiger partial charge in [0.25, 0.3) is 5.91 Å².